The molecule has 19 heavy (non-hydrogen) atoms. The molecule has 1 unspecified atom stereocenters. The summed E-state index contributed by atoms with van der Waals surface area (Å²) in [7, 11) is 1.49. The smallest absolute Gasteiger partial charge is 0.142 e. The second kappa shape index (κ2) is 4.93. The van der Waals surface area contributed by atoms with Gasteiger partial charge in [0.05, 0.1) is 12.6 Å². The van der Waals surface area contributed by atoms with Crippen LogP contribution >= 0.6 is 0 Å². The summed E-state index contributed by atoms with van der Waals surface area (Å²) in [6.07, 6.45) is 1.55. The Bertz CT molecular complexity index is 579. The van der Waals surface area contributed by atoms with Crippen molar-refractivity contribution in [1.82, 2.24) is 4.98 Å². The lowest BCUT2D eigenvalue weighted by atomic mass is 9.88. The standard InChI is InChI=1S/C14H14F2N2O/c1-14(17,9-6-10(15)8-11(16)7-9)13-12(19-2)4-3-5-18-13/h3-8H,17H2,1-2H3. The highest BCUT2D eigenvalue weighted by molar-refractivity contribution is 5.41. The number of benzene rings is 1. The van der Waals surface area contributed by atoms with Gasteiger partial charge in [-0.2, -0.15) is 0 Å². The van der Waals surface area contributed by atoms with Gasteiger partial charge in [-0.25, -0.2) is 8.78 Å². The average Bonchev–Trinajstić information content (AvgIpc) is 2.37. The van der Waals surface area contributed by atoms with Crippen molar-refractivity contribution < 1.29 is 13.5 Å². The number of hydrogen-bond acceptors (Lipinski definition) is 3. The summed E-state index contributed by atoms with van der Waals surface area (Å²) in [5.74, 6) is -0.889. The molecule has 1 aromatic carbocycles. The van der Waals surface area contributed by atoms with E-state index in [-0.39, 0.29) is 0 Å². The van der Waals surface area contributed by atoms with Crippen LogP contribution in [0, 0.1) is 11.6 Å². The van der Waals surface area contributed by atoms with Gasteiger partial charge in [-0.05, 0) is 36.8 Å². The van der Waals surface area contributed by atoms with Crippen LogP contribution in [0.4, 0.5) is 8.78 Å². The molecular weight excluding hydrogens is 250 g/mol. The fourth-order valence-electron chi connectivity index (χ4n) is 1.94. The molecular formula is C14H14F2N2O. The number of rotatable bonds is 3. The molecule has 0 bridgehead atoms. The molecule has 1 atom stereocenters. The lowest BCUT2D eigenvalue weighted by Gasteiger charge is -2.26. The van der Waals surface area contributed by atoms with Crippen LogP contribution in [0.1, 0.15) is 18.2 Å². The van der Waals surface area contributed by atoms with Crippen molar-refractivity contribution in [2.24, 2.45) is 5.73 Å². The Kier molecular flexibility index (Phi) is 3.48. The molecule has 2 aromatic rings. The Hall–Kier alpha value is -2.01. The highest BCUT2D eigenvalue weighted by atomic mass is 19.1. The second-order valence-electron chi connectivity index (χ2n) is 4.41. The van der Waals surface area contributed by atoms with Crippen LogP contribution in [-0.2, 0) is 5.54 Å². The van der Waals surface area contributed by atoms with Crippen molar-refractivity contribution in [3.8, 4) is 5.75 Å². The molecule has 0 saturated carbocycles. The lowest BCUT2D eigenvalue weighted by Crippen LogP contribution is -2.36. The zero-order chi connectivity index (χ0) is 14.0. The zero-order valence-corrected chi connectivity index (χ0v) is 10.7. The minimum absolute atomic E-state index is 0.294. The van der Waals surface area contributed by atoms with Gasteiger partial charge in [0, 0.05) is 12.3 Å². The lowest BCUT2D eigenvalue weighted by molar-refractivity contribution is 0.393. The van der Waals surface area contributed by atoms with E-state index in [1.54, 1.807) is 25.3 Å². The van der Waals surface area contributed by atoms with Gasteiger partial charge in [-0.3, -0.25) is 4.98 Å². The highest BCUT2D eigenvalue weighted by Crippen LogP contribution is 2.32. The van der Waals surface area contributed by atoms with Crippen LogP contribution in [0.3, 0.4) is 0 Å². The van der Waals surface area contributed by atoms with Crippen LogP contribution in [0.15, 0.2) is 36.5 Å². The van der Waals surface area contributed by atoms with E-state index in [0.717, 1.165) is 6.07 Å². The fraction of sp³-hybridized carbons (Fsp3) is 0.214. The van der Waals surface area contributed by atoms with Crippen molar-refractivity contribution >= 4 is 0 Å². The predicted octanol–water partition coefficient (Wildman–Crippen LogP) is 2.59. The van der Waals surface area contributed by atoms with E-state index in [4.69, 9.17) is 10.5 Å². The largest absolute Gasteiger partial charge is 0.495 e. The second-order valence-corrected chi connectivity index (χ2v) is 4.41. The summed E-state index contributed by atoms with van der Waals surface area (Å²) in [5.41, 5.74) is 5.75. The van der Waals surface area contributed by atoms with Crippen LogP contribution in [0.5, 0.6) is 5.75 Å². The predicted molar refractivity (Wildman–Crippen MR) is 67.8 cm³/mol. The first-order valence-corrected chi connectivity index (χ1v) is 5.70. The molecule has 1 heterocycles. The molecule has 0 aliphatic carbocycles. The number of nitrogens with zero attached hydrogens (tertiary/aromatic N) is 1. The normalized spacial score (nSPS) is 13.9. The van der Waals surface area contributed by atoms with Gasteiger partial charge in [0.2, 0.25) is 0 Å². The molecule has 1 aromatic heterocycles. The Labute approximate surface area is 110 Å². The SMILES string of the molecule is COc1cccnc1C(C)(N)c1cc(F)cc(F)c1. The third-order valence-corrected chi connectivity index (χ3v) is 2.94. The van der Waals surface area contributed by atoms with E-state index >= 15 is 0 Å². The summed E-state index contributed by atoms with van der Waals surface area (Å²) in [4.78, 5) is 4.16. The number of halogens is 2. The monoisotopic (exact) mass is 264 g/mol. The first-order valence-electron chi connectivity index (χ1n) is 5.70. The van der Waals surface area contributed by atoms with Crippen molar-refractivity contribution in [1.29, 1.82) is 0 Å². The molecule has 0 fully saturated rings. The quantitative estimate of drug-likeness (QED) is 0.927. The summed E-state index contributed by atoms with van der Waals surface area (Å²) in [5, 5.41) is 0. The molecule has 0 amide bonds. The molecule has 2 N–H and O–H groups in total. The van der Waals surface area contributed by atoms with E-state index in [1.807, 2.05) is 0 Å². The van der Waals surface area contributed by atoms with E-state index in [0.29, 0.717) is 17.0 Å². The Balaban J connectivity index is 2.57. The van der Waals surface area contributed by atoms with Crippen molar-refractivity contribution in [2.75, 3.05) is 7.11 Å². The summed E-state index contributed by atoms with van der Waals surface area (Å²) in [6, 6.07) is 6.58. The molecule has 2 rings (SSSR count). The molecule has 3 nitrogen and oxygen atoms in total. The maximum atomic E-state index is 13.3. The number of ether oxygens (including phenoxy) is 1. The van der Waals surface area contributed by atoms with Crippen molar-refractivity contribution in [3.63, 3.8) is 0 Å². The highest BCUT2D eigenvalue weighted by Gasteiger charge is 2.29. The third kappa shape index (κ3) is 2.56. The molecule has 0 radical (unpaired) electrons. The van der Waals surface area contributed by atoms with Crippen molar-refractivity contribution in [2.45, 2.75) is 12.5 Å². The van der Waals surface area contributed by atoms with Gasteiger partial charge in [0.25, 0.3) is 0 Å². The maximum Gasteiger partial charge on any atom is 0.142 e. The Morgan fingerprint density at radius 3 is 2.42 bits per heavy atom. The number of aromatic nitrogens is 1. The first-order chi connectivity index (χ1) is 8.95. The van der Waals surface area contributed by atoms with Crippen LogP contribution in [-0.4, -0.2) is 12.1 Å². The molecule has 0 aliphatic rings. The molecule has 0 aliphatic heterocycles. The van der Waals surface area contributed by atoms with Gasteiger partial charge >= 0.3 is 0 Å². The van der Waals surface area contributed by atoms with Gasteiger partial charge in [0.15, 0.2) is 0 Å². The summed E-state index contributed by atoms with van der Waals surface area (Å²) >= 11 is 0. The fourth-order valence-corrected chi connectivity index (χ4v) is 1.94. The minimum Gasteiger partial charge on any atom is -0.495 e. The van der Waals surface area contributed by atoms with Crippen LogP contribution < -0.4 is 10.5 Å². The van der Waals surface area contributed by atoms with Gasteiger partial charge in [-0.15, -0.1) is 0 Å². The van der Waals surface area contributed by atoms with Gasteiger partial charge in [-0.1, -0.05) is 0 Å². The maximum absolute atomic E-state index is 13.3. The Morgan fingerprint density at radius 1 is 1.21 bits per heavy atom. The molecule has 5 heteroatoms. The van der Waals surface area contributed by atoms with E-state index in [1.165, 1.54) is 19.2 Å². The number of methoxy groups -OCH3 is 1. The number of hydrogen-bond donors (Lipinski definition) is 1. The van der Waals surface area contributed by atoms with Crippen LogP contribution in [0.25, 0.3) is 0 Å². The molecule has 0 saturated heterocycles. The molecule has 100 valence electrons. The van der Waals surface area contributed by atoms with Crippen LogP contribution in [0.2, 0.25) is 0 Å². The number of nitrogens with two attached hydrogens (primary N) is 1. The first kappa shape index (κ1) is 13.4. The van der Waals surface area contributed by atoms with E-state index < -0.39 is 17.2 Å². The van der Waals surface area contributed by atoms with E-state index in [9.17, 15) is 8.78 Å². The number of pyridine rings is 1. The zero-order valence-electron chi connectivity index (χ0n) is 10.7. The minimum atomic E-state index is -1.16. The summed E-state index contributed by atoms with van der Waals surface area (Å²) < 4.78 is 31.8. The van der Waals surface area contributed by atoms with E-state index in [2.05, 4.69) is 4.98 Å². The average molecular weight is 264 g/mol. The molecule has 0 spiro atoms. The topological polar surface area (TPSA) is 48.1 Å². The van der Waals surface area contributed by atoms with Gasteiger partial charge < -0.3 is 10.5 Å². The Morgan fingerprint density at radius 2 is 1.84 bits per heavy atom. The van der Waals surface area contributed by atoms with Crippen molar-refractivity contribution in [3.05, 3.63) is 59.4 Å². The summed E-state index contributed by atoms with van der Waals surface area (Å²) in [6.45, 7) is 1.63. The third-order valence-electron chi connectivity index (χ3n) is 2.94. The van der Waals surface area contributed by atoms with Gasteiger partial charge in [0.1, 0.15) is 23.1 Å².